The standard InChI is InChI=1S/C26H28N6O5S/c1-3-20-17(2)27-26(29-25(20)34)32-23(16-21(30-32)22-8-7-15-37-22)28-24(33)18-9-11-19(12-10-18)38(35,36)31-13-5-4-6-14-31/h7-12,15-16H,3-6,13-14H2,1-2H3,(H,28,33)(H,27,29,34). The minimum atomic E-state index is -3.61. The minimum absolute atomic E-state index is 0.140. The molecular formula is C26H28N6O5S. The number of sulfonamides is 1. The molecule has 1 saturated heterocycles. The predicted molar refractivity (Wildman–Crippen MR) is 141 cm³/mol. The van der Waals surface area contributed by atoms with Crippen LogP contribution in [0.25, 0.3) is 17.4 Å². The number of rotatable bonds is 7. The number of carbonyl (C=O) groups excluding carboxylic acids is 1. The molecule has 4 heterocycles. The summed E-state index contributed by atoms with van der Waals surface area (Å²) in [7, 11) is -3.61. The minimum Gasteiger partial charge on any atom is -0.463 e. The summed E-state index contributed by atoms with van der Waals surface area (Å²) in [5.41, 5.74) is 1.52. The Labute approximate surface area is 219 Å². The summed E-state index contributed by atoms with van der Waals surface area (Å²) in [4.78, 5) is 33.1. The number of nitrogens with one attached hydrogen (secondary N) is 2. The quantitative estimate of drug-likeness (QED) is 0.368. The number of nitrogens with zero attached hydrogens (tertiary/aromatic N) is 4. The normalized spacial score (nSPS) is 14.5. The molecule has 1 aliphatic rings. The Morgan fingerprint density at radius 3 is 2.50 bits per heavy atom. The third-order valence-electron chi connectivity index (χ3n) is 6.56. The van der Waals surface area contributed by atoms with E-state index in [-0.39, 0.29) is 27.8 Å². The molecule has 1 amide bonds. The molecule has 3 aromatic heterocycles. The molecule has 198 valence electrons. The molecule has 0 radical (unpaired) electrons. The van der Waals surface area contributed by atoms with E-state index < -0.39 is 15.9 Å². The maximum atomic E-state index is 13.2. The molecule has 4 aromatic rings. The molecule has 0 aliphatic carbocycles. The molecule has 12 heteroatoms. The molecule has 2 N–H and O–H groups in total. The number of amides is 1. The van der Waals surface area contributed by atoms with E-state index in [0.717, 1.165) is 19.3 Å². The molecule has 38 heavy (non-hydrogen) atoms. The van der Waals surface area contributed by atoms with Crippen molar-refractivity contribution in [2.45, 2.75) is 44.4 Å². The first-order valence-corrected chi connectivity index (χ1v) is 13.9. The zero-order chi connectivity index (χ0) is 26.9. The zero-order valence-corrected chi connectivity index (χ0v) is 21.9. The van der Waals surface area contributed by atoms with Gasteiger partial charge in [-0.1, -0.05) is 13.3 Å². The van der Waals surface area contributed by atoms with Crippen LogP contribution in [0.15, 0.2) is 62.8 Å². The summed E-state index contributed by atoms with van der Waals surface area (Å²) in [5.74, 6) is 0.373. The van der Waals surface area contributed by atoms with Crippen LogP contribution < -0.4 is 10.9 Å². The van der Waals surface area contributed by atoms with Gasteiger partial charge in [0.15, 0.2) is 5.76 Å². The number of hydrogen-bond acceptors (Lipinski definition) is 7. The Hall–Kier alpha value is -4.03. The number of carbonyl (C=O) groups is 1. The SMILES string of the molecule is CCc1c(C)nc(-n2nc(-c3ccco3)cc2NC(=O)c2ccc(S(=O)(=O)N3CCCCC3)cc2)[nH]c1=O. The van der Waals surface area contributed by atoms with Crippen LogP contribution in [0.1, 0.15) is 47.8 Å². The van der Waals surface area contributed by atoms with Crippen molar-refractivity contribution in [3.8, 4) is 17.4 Å². The van der Waals surface area contributed by atoms with Crippen molar-refractivity contribution in [2.24, 2.45) is 0 Å². The van der Waals surface area contributed by atoms with Crippen LogP contribution in [-0.4, -0.2) is 51.5 Å². The van der Waals surface area contributed by atoms with Gasteiger partial charge >= 0.3 is 0 Å². The highest BCUT2D eigenvalue weighted by Crippen LogP contribution is 2.25. The lowest BCUT2D eigenvalue weighted by Crippen LogP contribution is -2.35. The van der Waals surface area contributed by atoms with Crippen LogP contribution in [0.4, 0.5) is 5.82 Å². The van der Waals surface area contributed by atoms with Crippen LogP contribution in [-0.2, 0) is 16.4 Å². The molecule has 1 aliphatic heterocycles. The third kappa shape index (κ3) is 4.92. The van der Waals surface area contributed by atoms with Crippen molar-refractivity contribution in [3.05, 3.63) is 75.9 Å². The van der Waals surface area contributed by atoms with E-state index in [1.54, 1.807) is 25.1 Å². The lowest BCUT2D eigenvalue weighted by molar-refractivity contribution is 0.102. The second-order valence-electron chi connectivity index (χ2n) is 9.05. The van der Waals surface area contributed by atoms with Gasteiger partial charge in [0.05, 0.1) is 11.2 Å². The van der Waals surface area contributed by atoms with Gasteiger partial charge in [0, 0.05) is 36.0 Å². The Morgan fingerprint density at radius 1 is 1.13 bits per heavy atom. The zero-order valence-electron chi connectivity index (χ0n) is 21.1. The highest BCUT2D eigenvalue weighted by molar-refractivity contribution is 7.89. The van der Waals surface area contributed by atoms with E-state index in [2.05, 4.69) is 20.4 Å². The summed E-state index contributed by atoms with van der Waals surface area (Å²) >= 11 is 0. The van der Waals surface area contributed by atoms with E-state index in [1.807, 2.05) is 6.92 Å². The van der Waals surface area contributed by atoms with Crippen molar-refractivity contribution < 1.29 is 17.6 Å². The number of hydrogen-bond donors (Lipinski definition) is 2. The highest BCUT2D eigenvalue weighted by Gasteiger charge is 2.26. The van der Waals surface area contributed by atoms with Gasteiger partial charge < -0.3 is 9.73 Å². The Morgan fingerprint density at radius 2 is 1.87 bits per heavy atom. The molecule has 5 rings (SSSR count). The first-order valence-electron chi connectivity index (χ1n) is 12.4. The van der Waals surface area contributed by atoms with E-state index in [0.29, 0.717) is 42.2 Å². The summed E-state index contributed by atoms with van der Waals surface area (Å²) in [5, 5.41) is 7.29. The Kier molecular flexibility index (Phi) is 7.00. The number of aromatic amines is 1. The average Bonchev–Trinajstić information content (AvgIpc) is 3.59. The topological polar surface area (TPSA) is 143 Å². The van der Waals surface area contributed by atoms with Crippen LogP contribution in [0.5, 0.6) is 0 Å². The second kappa shape index (κ2) is 10.4. The third-order valence-corrected chi connectivity index (χ3v) is 8.47. The summed E-state index contributed by atoms with van der Waals surface area (Å²) in [6, 6.07) is 10.9. The maximum Gasteiger partial charge on any atom is 0.256 e. The summed E-state index contributed by atoms with van der Waals surface area (Å²) in [6.45, 7) is 4.62. The van der Waals surface area contributed by atoms with Crippen LogP contribution >= 0.6 is 0 Å². The second-order valence-corrected chi connectivity index (χ2v) is 11.0. The van der Waals surface area contributed by atoms with Gasteiger partial charge in [0.25, 0.3) is 11.5 Å². The van der Waals surface area contributed by atoms with Gasteiger partial charge in [0.1, 0.15) is 11.5 Å². The van der Waals surface area contributed by atoms with E-state index in [1.165, 1.54) is 39.5 Å². The number of benzene rings is 1. The molecule has 0 unspecified atom stereocenters. The maximum absolute atomic E-state index is 13.2. The van der Waals surface area contributed by atoms with Crippen molar-refractivity contribution in [3.63, 3.8) is 0 Å². The summed E-state index contributed by atoms with van der Waals surface area (Å²) in [6.07, 6.45) is 4.74. The summed E-state index contributed by atoms with van der Waals surface area (Å²) < 4.78 is 34.2. The van der Waals surface area contributed by atoms with Gasteiger partial charge in [0.2, 0.25) is 16.0 Å². The molecule has 1 aromatic carbocycles. The van der Waals surface area contributed by atoms with Gasteiger partial charge in [-0.05, 0) is 62.6 Å². The number of furan rings is 1. The smallest absolute Gasteiger partial charge is 0.256 e. The molecular weight excluding hydrogens is 508 g/mol. The fraction of sp³-hybridized carbons (Fsp3) is 0.308. The van der Waals surface area contributed by atoms with Gasteiger partial charge in [-0.15, -0.1) is 0 Å². The predicted octanol–water partition coefficient (Wildman–Crippen LogP) is 3.51. The molecule has 0 bridgehead atoms. The molecule has 0 spiro atoms. The fourth-order valence-electron chi connectivity index (χ4n) is 4.51. The van der Waals surface area contributed by atoms with Crippen molar-refractivity contribution in [1.29, 1.82) is 0 Å². The van der Waals surface area contributed by atoms with Crippen molar-refractivity contribution in [2.75, 3.05) is 18.4 Å². The van der Waals surface area contributed by atoms with E-state index >= 15 is 0 Å². The molecule has 0 atom stereocenters. The van der Waals surface area contributed by atoms with E-state index in [9.17, 15) is 18.0 Å². The Bertz CT molecular complexity index is 1620. The average molecular weight is 537 g/mol. The van der Waals surface area contributed by atoms with Crippen molar-refractivity contribution >= 4 is 21.7 Å². The largest absolute Gasteiger partial charge is 0.463 e. The Balaban J connectivity index is 1.45. The first-order chi connectivity index (χ1) is 18.3. The number of aromatic nitrogens is 4. The van der Waals surface area contributed by atoms with Crippen LogP contribution in [0, 0.1) is 6.92 Å². The molecule has 1 fully saturated rings. The van der Waals surface area contributed by atoms with E-state index in [4.69, 9.17) is 4.42 Å². The fourth-order valence-corrected chi connectivity index (χ4v) is 6.03. The molecule has 11 nitrogen and oxygen atoms in total. The number of aryl methyl sites for hydroxylation is 1. The van der Waals surface area contributed by atoms with Crippen LogP contribution in [0.2, 0.25) is 0 Å². The van der Waals surface area contributed by atoms with Gasteiger partial charge in [-0.25, -0.2) is 13.4 Å². The van der Waals surface area contributed by atoms with Crippen molar-refractivity contribution in [1.82, 2.24) is 24.1 Å². The first kappa shape index (κ1) is 25.6. The lowest BCUT2D eigenvalue weighted by atomic mass is 10.2. The number of anilines is 1. The van der Waals surface area contributed by atoms with Crippen LogP contribution in [0.3, 0.4) is 0 Å². The monoisotopic (exact) mass is 536 g/mol. The number of H-pyrrole nitrogens is 1. The molecule has 0 saturated carbocycles. The van der Waals surface area contributed by atoms with Gasteiger partial charge in [-0.2, -0.15) is 14.1 Å². The lowest BCUT2D eigenvalue weighted by Gasteiger charge is -2.25. The highest BCUT2D eigenvalue weighted by atomic mass is 32.2. The number of piperidine rings is 1. The van der Waals surface area contributed by atoms with Gasteiger partial charge in [-0.3, -0.25) is 14.6 Å².